The Labute approximate surface area is 175 Å². The maximum absolute atomic E-state index is 12.5. The predicted octanol–water partition coefficient (Wildman–Crippen LogP) is 4.27. The zero-order valence-electron chi connectivity index (χ0n) is 16.2. The Bertz CT molecular complexity index is 983. The Hall–Kier alpha value is -2.47. The highest BCUT2D eigenvalue weighted by atomic mass is 35.5. The van der Waals surface area contributed by atoms with Gasteiger partial charge in [0.25, 0.3) is 5.56 Å². The second-order valence-corrected chi connectivity index (χ2v) is 7.85. The fourth-order valence-corrected chi connectivity index (χ4v) is 3.84. The van der Waals surface area contributed by atoms with Gasteiger partial charge in [0.05, 0.1) is 6.10 Å². The van der Waals surface area contributed by atoms with Crippen LogP contribution in [0.15, 0.2) is 65.8 Å². The van der Waals surface area contributed by atoms with Gasteiger partial charge >= 0.3 is 0 Å². The molecule has 2 aromatic heterocycles. The van der Waals surface area contributed by atoms with Crippen molar-refractivity contribution < 1.29 is 4.74 Å². The van der Waals surface area contributed by atoms with Gasteiger partial charge in [-0.25, -0.2) is 0 Å². The van der Waals surface area contributed by atoms with Crippen molar-refractivity contribution in [2.24, 2.45) is 0 Å². The number of nitrogens with zero attached hydrogens (tertiary/aromatic N) is 2. The van der Waals surface area contributed by atoms with Crippen LogP contribution in [0.5, 0.6) is 0 Å². The average molecular weight is 410 g/mol. The molecule has 1 unspecified atom stereocenters. The summed E-state index contributed by atoms with van der Waals surface area (Å²) in [6.07, 6.45) is 7.76. The lowest BCUT2D eigenvalue weighted by molar-refractivity contribution is 0.0677. The number of rotatable bonds is 7. The first-order valence-electron chi connectivity index (χ1n) is 9.88. The Balaban J connectivity index is 1.57. The molecule has 6 heteroatoms. The third-order valence-electron chi connectivity index (χ3n) is 5.17. The molecular formula is C23H24ClN3O2. The molecule has 3 aromatic rings. The number of ether oxygens (including phenoxy) is 1. The zero-order chi connectivity index (χ0) is 20.1. The summed E-state index contributed by atoms with van der Waals surface area (Å²) in [7, 11) is 0. The van der Waals surface area contributed by atoms with E-state index < -0.39 is 0 Å². The highest BCUT2D eigenvalue weighted by Gasteiger charge is 2.20. The minimum atomic E-state index is -0.0637. The van der Waals surface area contributed by atoms with Crippen LogP contribution in [0.1, 0.15) is 24.0 Å². The van der Waals surface area contributed by atoms with E-state index >= 15 is 0 Å². The van der Waals surface area contributed by atoms with Crippen molar-refractivity contribution >= 4 is 11.6 Å². The molecule has 0 amide bonds. The van der Waals surface area contributed by atoms with Crippen LogP contribution in [-0.2, 0) is 17.8 Å². The van der Waals surface area contributed by atoms with Gasteiger partial charge < -0.3 is 9.72 Å². The van der Waals surface area contributed by atoms with Crippen molar-refractivity contribution in [2.45, 2.75) is 32.0 Å². The quantitative estimate of drug-likeness (QED) is 0.633. The number of aromatic nitrogens is 2. The average Bonchev–Trinajstić information content (AvgIpc) is 3.24. The zero-order valence-corrected chi connectivity index (χ0v) is 16.9. The Morgan fingerprint density at radius 3 is 2.76 bits per heavy atom. The van der Waals surface area contributed by atoms with Gasteiger partial charge in [-0.05, 0) is 53.8 Å². The van der Waals surface area contributed by atoms with Crippen LogP contribution < -0.4 is 5.56 Å². The number of benzene rings is 1. The second-order valence-electron chi connectivity index (χ2n) is 7.42. The van der Waals surface area contributed by atoms with Gasteiger partial charge in [-0.3, -0.25) is 14.7 Å². The fourth-order valence-electron chi connectivity index (χ4n) is 3.71. The highest BCUT2D eigenvalue weighted by Crippen LogP contribution is 2.22. The van der Waals surface area contributed by atoms with E-state index in [4.69, 9.17) is 16.3 Å². The van der Waals surface area contributed by atoms with E-state index in [1.165, 1.54) is 0 Å². The van der Waals surface area contributed by atoms with Crippen molar-refractivity contribution in [3.63, 3.8) is 0 Å². The first-order chi connectivity index (χ1) is 14.2. The highest BCUT2D eigenvalue weighted by molar-refractivity contribution is 6.30. The van der Waals surface area contributed by atoms with E-state index in [0.29, 0.717) is 11.6 Å². The molecule has 0 bridgehead atoms. The molecule has 1 aromatic carbocycles. The SMILES string of the molecule is O=c1[nH]cc(-c2ccc(Cl)cc2)cc1CN(Cc1cccnc1)CC1CCCO1. The summed E-state index contributed by atoms with van der Waals surface area (Å²) < 4.78 is 5.84. The molecule has 4 rings (SSSR count). The van der Waals surface area contributed by atoms with E-state index in [9.17, 15) is 4.79 Å². The van der Waals surface area contributed by atoms with Crippen molar-refractivity contribution in [1.29, 1.82) is 0 Å². The number of nitrogens with one attached hydrogen (secondary N) is 1. The minimum absolute atomic E-state index is 0.0637. The smallest absolute Gasteiger partial charge is 0.252 e. The molecular weight excluding hydrogens is 386 g/mol. The molecule has 1 atom stereocenters. The molecule has 5 nitrogen and oxygen atoms in total. The van der Waals surface area contributed by atoms with Gasteiger partial charge in [0.2, 0.25) is 0 Å². The van der Waals surface area contributed by atoms with Crippen LogP contribution >= 0.6 is 11.6 Å². The largest absolute Gasteiger partial charge is 0.377 e. The summed E-state index contributed by atoms with van der Waals surface area (Å²) in [5, 5.41) is 0.692. The molecule has 3 heterocycles. The molecule has 0 aliphatic carbocycles. The number of hydrogen-bond acceptors (Lipinski definition) is 4. The number of hydrogen-bond donors (Lipinski definition) is 1. The summed E-state index contributed by atoms with van der Waals surface area (Å²) in [5.74, 6) is 0. The molecule has 0 radical (unpaired) electrons. The van der Waals surface area contributed by atoms with Crippen LogP contribution in [0.4, 0.5) is 0 Å². The molecule has 1 N–H and O–H groups in total. The van der Waals surface area contributed by atoms with E-state index in [2.05, 4.69) is 20.9 Å². The maximum Gasteiger partial charge on any atom is 0.252 e. The van der Waals surface area contributed by atoms with Crippen LogP contribution in [0.3, 0.4) is 0 Å². The van der Waals surface area contributed by atoms with Crippen LogP contribution in [0.25, 0.3) is 11.1 Å². The first-order valence-corrected chi connectivity index (χ1v) is 10.3. The third-order valence-corrected chi connectivity index (χ3v) is 5.42. The van der Waals surface area contributed by atoms with Crippen LogP contribution in [0, 0.1) is 0 Å². The van der Waals surface area contributed by atoms with Crippen molar-refractivity contribution in [3.05, 3.63) is 87.6 Å². The van der Waals surface area contributed by atoms with E-state index in [-0.39, 0.29) is 11.7 Å². The lowest BCUT2D eigenvalue weighted by atomic mass is 10.1. The molecule has 1 fully saturated rings. The number of H-pyrrole nitrogens is 1. The molecule has 1 aliphatic rings. The molecule has 0 saturated carbocycles. The summed E-state index contributed by atoms with van der Waals surface area (Å²) in [4.78, 5) is 21.9. The van der Waals surface area contributed by atoms with Gasteiger partial charge in [0.15, 0.2) is 0 Å². The van der Waals surface area contributed by atoms with E-state index in [1.54, 1.807) is 12.4 Å². The number of pyridine rings is 2. The summed E-state index contributed by atoms with van der Waals surface area (Å²) in [5.41, 5.74) is 3.78. The van der Waals surface area contributed by atoms with Crippen LogP contribution in [0.2, 0.25) is 5.02 Å². The predicted molar refractivity (Wildman–Crippen MR) is 115 cm³/mol. The fraction of sp³-hybridized carbons (Fsp3) is 0.304. The van der Waals surface area contributed by atoms with Gasteiger partial charge in [-0.2, -0.15) is 0 Å². The molecule has 29 heavy (non-hydrogen) atoms. The Morgan fingerprint density at radius 2 is 2.03 bits per heavy atom. The van der Waals surface area contributed by atoms with Crippen LogP contribution in [-0.4, -0.2) is 34.1 Å². The topological polar surface area (TPSA) is 58.2 Å². The van der Waals surface area contributed by atoms with Gasteiger partial charge in [0, 0.05) is 55.4 Å². The monoisotopic (exact) mass is 409 g/mol. The van der Waals surface area contributed by atoms with Gasteiger partial charge in [-0.15, -0.1) is 0 Å². The normalized spacial score (nSPS) is 16.4. The summed E-state index contributed by atoms with van der Waals surface area (Å²) in [6.45, 7) is 2.88. The minimum Gasteiger partial charge on any atom is -0.377 e. The molecule has 150 valence electrons. The van der Waals surface area contributed by atoms with Crippen molar-refractivity contribution in [2.75, 3.05) is 13.2 Å². The Kier molecular flexibility index (Phi) is 6.39. The summed E-state index contributed by atoms with van der Waals surface area (Å²) in [6, 6.07) is 13.6. The van der Waals surface area contributed by atoms with Gasteiger partial charge in [0.1, 0.15) is 0 Å². The lowest BCUT2D eigenvalue weighted by Crippen LogP contribution is -2.33. The molecule has 1 aliphatic heterocycles. The van der Waals surface area contributed by atoms with E-state index in [0.717, 1.165) is 54.8 Å². The molecule has 1 saturated heterocycles. The summed E-state index contributed by atoms with van der Waals surface area (Å²) >= 11 is 6.00. The van der Waals surface area contributed by atoms with Gasteiger partial charge in [-0.1, -0.05) is 29.8 Å². The Morgan fingerprint density at radius 1 is 1.17 bits per heavy atom. The number of aromatic amines is 1. The first kappa shape index (κ1) is 19.8. The number of halogens is 1. The lowest BCUT2D eigenvalue weighted by Gasteiger charge is -2.25. The standard InChI is InChI=1S/C23H24ClN3O2/c24-21-7-5-18(6-8-21)19-11-20(23(28)26-13-19)15-27(16-22-4-2-10-29-22)14-17-3-1-9-25-12-17/h1,3,5-9,11-13,22H,2,4,10,14-16H2,(H,26,28). The van der Waals surface area contributed by atoms with Crippen molar-refractivity contribution in [1.82, 2.24) is 14.9 Å². The second kappa shape index (κ2) is 9.35. The van der Waals surface area contributed by atoms with Crippen molar-refractivity contribution in [3.8, 4) is 11.1 Å². The maximum atomic E-state index is 12.5. The molecule has 0 spiro atoms. The third kappa shape index (κ3) is 5.32. The van der Waals surface area contributed by atoms with E-state index in [1.807, 2.05) is 42.6 Å².